The average molecular weight is 463 g/mol. The maximum absolute atomic E-state index is 12.6. The van der Waals surface area contributed by atoms with E-state index in [4.69, 9.17) is 18.9 Å². The van der Waals surface area contributed by atoms with Gasteiger partial charge in [-0.05, 0) is 45.3 Å². The molecule has 8 nitrogen and oxygen atoms in total. The predicted molar refractivity (Wildman–Crippen MR) is 122 cm³/mol. The zero-order valence-corrected chi connectivity index (χ0v) is 20.1. The Morgan fingerprint density at radius 1 is 0.818 bits per heavy atom. The molecule has 1 aromatic carbocycles. The lowest BCUT2D eigenvalue weighted by atomic mass is 9.72. The molecule has 0 saturated carbocycles. The molecule has 182 valence electrons. The van der Waals surface area contributed by atoms with Gasteiger partial charge in [-0.2, -0.15) is 0 Å². The van der Waals surface area contributed by atoms with Crippen LogP contribution in [0.15, 0.2) is 36.4 Å². The second kappa shape index (κ2) is 13.4. The highest BCUT2D eigenvalue weighted by molar-refractivity contribution is 5.87. The molecule has 0 fully saturated rings. The van der Waals surface area contributed by atoms with Crippen LogP contribution in [0.4, 0.5) is 0 Å². The van der Waals surface area contributed by atoms with E-state index in [0.717, 1.165) is 5.56 Å². The van der Waals surface area contributed by atoms with E-state index in [1.165, 1.54) is 13.0 Å². The van der Waals surface area contributed by atoms with E-state index in [-0.39, 0.29) is 32.8 Å². The molecule has 0 amide bonds. The van der Waals surface area contributed by atoms with E-state index in [0.29, 0.717) is 6.42 Å². The van der Waals surface area contributed by atoms with Gasteiger partial charge in [0, 0.05) is 13.0 Å². The van der Waals surface area contributed by atoms with Crippen molar-refractivity contribution >= 4 is 30.0 Å². The molecule has 0 bridgehead atoms. The Morgan fingerprint density at radius 2 is 1.36 bits per heavy atom. The highest BCUT2D eigenvalue weighted by atomic mass is 16.6. The number of carbonyl (C=O) groups is 4. The first-order valence-corrected chi connectivity index (χ1v) is 10.9. The SMILES string of the molecule is CCC(C)(CC(C)(C)C(=O)OCCOC(=O)/C=C/c1ccccc1)C(=O)OCCOC(C)=O. The Labute approximate surface area is 195 Å². The number of ether oxygens (including phenoxy) is 4. The second-order valence-electron chi connectivity index (χ2n) is 8.50. The molecule has 8 heteroatoms. The highest BCUT2D eigenvalue weighted by Gasteiger charge is 2.42. The Bertz CT molecular complexity index is 828. The molecule has 0 aliphatic rings. The number of rotatable bonds is 13. The molecule has 0 saturated heterocycles. The van der Waals surface area contributed by atoms with Crippen molar-refractivity contribution in [3.63, 3.8) is 0 Å². The Kier molecular flexibility index (Phi) is 11.3. The minimum absolute atomic E-state index is 0.0223. The molecular weight excluding hydrogens is 428 g/mol. The summed E-state index contributed by atoms with van der Waals surface area (Å²) in [7, 11) is 0. The number of benzene rings is 1. The molecule has 0 spiro atoms. The molecule has 0 radical (unpaired) electrons. The lowest BCUT2D eigenvalue weighted by Crippen LogP contribution is -2.39. The van der Waals surface area contributed by atoms with Crippen LogP contribution in [0.2, 0.25) is 0 Å². The minimum atomic E-state index is -0.975. The van der Waals surface area contributed by atoms with Crippen LogP contribution in [0.1, 0.15) is 53.0 Å². The quantitative estimate of drug-likeness (QED) is 0.189. The number of hydrogen-bond donors (Lipinski definition) is 0. The zero-order chi connectivity index (χ0) is 24.9. The van der Waals surface area contributed by atoms with Crippen LogP contribution >= 0.6 is 0 Å². The van der Waals surface area contributed by atoms with Crippen LogP contribution in [0, 0.1) is 10.8 Å². The summed E-state index contributed by atoms with van der Waals surface area (Å²) in [6.45, 7) is 7.94. The third-order valence-corrected chi connectivity index (χ3v) is 5.05. The van der Waals surface area contributed by atoms with Crippen molar-refractivity contribution in [3.8, 4) is 0 Å². The van der Waals surface area contributed by atoms with Gasteiger partial charge in [-0.3, -0.25) is 14.4 Å². The number of carbonyl (C=O) groups excluding carboxylic acids is 4. The van der Waals surface area contributed by atoms with Crippen molar-refractivity contribution in [2.24, 2.45) is 10.8 Å². The van der Waals surface area contributed by atoms with E-state index < -0.39 is 34.7 Å². The van der Waals surface area contributed by atoms with Gasteiger partial charge in [0.25, 0.3) is 0 Å². The van der Waals surface area contributed by atoms with E-state index >= 15 is 0 Å². The van der Waals surface area contributed by atoms with Gasteiger partial charge in [0.05, 0.1) is 10.8 Å². The minimum Gasteiger partial charge on any atom is -0.462 e. The summed E-state index contributed by atoms with van der Waals surface area (Å²) in [6, 6.07) is 9.31. The van der Waals surface area contributed by atoms with Crippen molar-refractivity contribution in [1.82, 2.24) is 0 Å². The van der Waals surface area contributed by atoms with Crippen LogP contribution < -0.4 is 0 Å². The maximum atomic E-state index is 12.6. The fourth-order valence-electron chi connectivity index (χ4n) is 3.13. The Morgan fingerprint density at radius 3 is 1.94 bits per heavy atom. The van der Waals surface area contributed by atoms with E-state index in [1.54, 1.807) is 26.8 Å². The van der Waals surface area contributed by atoms with Gasteiger partial charge < -0.3 is 18.9 Å². The topological polar surface area (TPSA) is 105 Å². The summed E-state index contributed by atoms with van der Waals surface area (Å²) in [6.07, 6.45) is 3.58. The highest BCUT2D eigenvalue weighted by Crippen LogP contribution is 2.38. The number of hydrogen-bond acceptors (Lipinski definition) is 8. The van der Waals surface area contributed by atoms with E-state index in [1.807, 2.05) is 37.3 Å². The van der Waals surface area contributed by atoms with Crippen LogP contribution in [0.25, 0.3) is 6.08 Å². The summed E-state index contributed by atoms with van der Waals surface area (Å²) in [4.78, 5) is 47.7. The first-order chi connectivity index (χ1) is 15.5. The fourth-order valence-corrected chi connectivity index (χ4v) is 3.13. The van der Waals surface area contributed by atoms with Gasteiger partial charge in [-0.25, -0.2) is 4.79 Å². The third-order valence-electron chi connectivity index (χ3n) is 5.05. The number of esters is 4. The molecule has 1 rings (SSSR count). The standard InChI is InChI=1S/C25H34O8/c1-6-25(5,23(29)33-16-14-30-19(2)26)18-24(3,4)22(28)32-17-15-31-21(27)13-12-20-10-8-7-9-11-20/h7-13H,6,14-18H2,1-5H3/b13-12+. The second-order valence-corrected chi connectivity index (χ2v) is 8.50. The van der Waals surface area contributed by atoms with Gasteiger partial charge in [0.15, 0.2) is 0 Å². The molecular formula is C25H34O8. The van der Waals surface area contributed by atoms with Gasteiger partial charge in [0.1, 0.15) is 26.4 Å². The monoisotopic (exact) mass is 462 g/mol. The van der Waals surface area contributed by atoms with E-state index in [9.17, 15) is 19.2 Å². The molecule has 1 atom stereocenters. The van der Waals surface area contributed by atoms with Crippen molar-refractivity contribution in [2.45, 2.75) is 47.5 Å². The summed E-state index contributed by atoms with van der Waals surface area (Å²) in [5, 5.41) is 0. The van der Waals surface area contributed by atoms with Crippen LogP contribution in [-0.2, 0) is 38.1 Å². The molecule has 33 heavy (non-hydrogen) atoms. The van der Waals surface area contributed by atoms with Gasteiger partial charge in [-0.1, -0.05) is 37.3 Å². The summed E-state index contributed by atoms with van der Waals surface area (Å²) in [5.41, 5.74) is -1.03. The van der Waals surface area contributed by atoms with Crippen LogP contribution in [-0.4, -0.2) is 50.3 Å². The summed E-state index contributed by atoms with van der Waals surface area (Å²) < 4.78 is 20.3. The van der Waals surface area contributed by atoms with E-state index in [2.05, 4.69) is 0 Å². The Balaban J connectivity index is 2.47. The smallest absolute Gasteiger partial charge is 0.330 e. The van der Waals surface area contributed by atoms with Crippen molar-refractivity contribution in [2.75, 3.05) is 26.4 Å². The molecule has 1 unspecified atom stereocenters. The summed E-state index contributed by atoms with van der Waals surface area (Å²) >= 11 is 0. The molecule has 0 heterocycles. The molecule has 0 aliphatic heterocycles. The largest absolute Gasteiger partial charge is 0.462 e. The fraction of sp³-hybridized carbons (Fsp3) is 0.520. The van der Waals surface area contributed by atoms with Gasteiger partial charge in [-0.15, -0.1) is 0 Å². The third kappa shape index (κ3) is 10.3. The van der Waals surface area contributed by atoms with Gasteiger partial charge in [0.2, 0.25) is 0 Å². The average Bonchev–Trinajstić information content (AvgIpc) is 2.77. The molecule has 0 N–H and O–H groups in total. The summed E-state index contributed by atoms with van der Waals surface area (Å²) in [5.74, 6) is -1.97. The zero-order valence-electron chi connectivity index (χ0n) is 20.1. The van der Waals surface area contributed by atoms with Crippen molar-refractivity contribution < 1.29 is 38.1 Å². The first-order valence-electron chi connectivity index (χ1n) is 10.9. The first kappa shape index (κ1) is 27.9. The van der Waals surface area contributed by atoms with Crippen molar-refractivity contribution in [1.29, 1.82) is 0 Å². The maximum Gasteiger partial charge on any atom is 0.330 e. The lowest BCUT2D eigenvalue weighted by molar-refractivity contribution is -0.166. The van der Waals surface area contributed by atoms with Gasteiger partial charge >= 0.3 is 23.9 Å². The normalized spacial score (nSPS) is 13.1. The molecule has 1 aromatic rings. The predicted octanol–water partition coefficient (Wildman–Crippen LogP) is 3.73. The van der Waals surface area contributed by atoms with Crippen molar-refractivity contribution in [3.05, 3.63) is 42.0 Å². The van der Waals surface area contributed by atoms with Crippen LogP contribution in [0.3, 0.4) is 0 Å². The molecule has 0 aromatic heterocycles. The Hall–Kier alpha value is -3.16. The van der Waals surface area contributed by atoms with Crippen LogP contribution in [0.5, 0.6) is 0 Å². The molecule has 0 aliphatic carbocycles. The lowest BCUT2D eigenvalue weighted by Gasteiger charge is -2.33.